The molecule has 33 heavy (non-hydrogen) atoms. The van der Waals surface area contributed by atoms with E-state index in [1.807, 2.05) is 28.2 Å². The second-order valence-electron chi connectivity index (χ2n) is 9.39. The summed E-state index contributed by atoms with van der Waals surface area (Å²) in [6.45, 7) is 8.64. The van der Waals surface area contributed by atoms with Gasteiger partial charge in [0.25, 0.3) is 0 Å². The Morgan fingerprint density at radius 3 is 1.24 bits per heavy atom. The quantitative estimate of drug-likeness (QED) is 0.312. The summed E-state index contributed by atoms with van der Waals surface area (Å²) in [5, 5.41) is 0. The van der Waals surface area contributed by atoms with E-state index in [9.17, 15) is 9.59 Å². The van der Waals surface area contributed by atoms with Crippen molar-refractivity contribution in [2.24, 2.45) is 0 Å². The van der Waals surface area contributed by atoms with E-state index >= 15 is 0 Å². The summed E-state index contributed by atoms with van der Waals surface area (Å²) in [6, 6.07) is 16.8. The minimum Gasteiger partial charge on any atom is -0.466 e. The van der Waals surface area contributed by atoms with Crippen LogP contribution >= 0.6 is 0 Å². The molecule has 176 valence electrons. The standard InChI is InChI=1S/C27H36N2O4/c1-20(26(30)32-7)18-28(3,4)24-13-9-22(10-14-24)17-23-11-15-25(16-12-23)29(5,6)19-21(2)27(31)33-8/h9-16H,1-2,17-19H2,3-8H3/q+2. The van der Waals surface area contributed by atoms with Gasteiger partial charge in [-0.25, -0.2) is 9.59 Å². The van der Waals surface area contributed by atoms with Crippen LogP contribution in [0.2, 0.25) is 0 Å². The van der Waals surface area contributed by atoms with Crippen LogP contribution in [0.15, 0.2) is 72.8 Å². The highest BCUT2D eigenvalue weighted by Crippen LogP contribution is 2.24. The maximum Gasteiger partial charge on any atom is 0.338 e. The number of rotatable bonds is 10. The van der Waals surface area contributed by atoms with Gasteiger partial charge in [0, 0.05) is 0 Å². The van der Waals surface area contributed by atoms with E-state index in [0.29, 0.717) is 33.2 Å². The molecule has 0 aliphatic rings. The number of hydrogen-bond donors (Lipinski definition) is 0. The van der Waals surface area contributed by atoms with Crippen molar-refractivity contribution in [1.82, 2.24) is 8.97 Å². The summed E-state index contributed by atoms with van der Waals surface area (Å²) >= 11 is 0. The van der Waals surface area contributed by atoms with Gasteiger partial charge in [0.05, 0.1) is 53.6 Å². The molecule has 0 fully saturated rings. The average molecular weight is 453 g/mol. The van der Waals surface area contributed by atoms with E-state index in [2.05, 4.69) is 61.7 Å². The fourth-order valence-corrected chi connectivity index (χ4v) is 3.83. The van der Waals surface area contributed by atoms with Gasteiger partial charge in [-0.1, -0.05) is 37.4 Å². The first kappa shape index (κ1) is 26.0. The Hall–Kier alpha value is -3.22. The molecule has 0 N–H and O–H groups in total. The van der Waals surface area contributed by atoms with Crippen LogP contribution in [0.25, 0.3) is 0 Å². The van der Waals surface area contributed by atoms with E-state index in [1.165, 1.54) is 25.3 Å². The second kappa shape index (κ2) is 10.6. The predicted molar refractivity (Wildman–Crippen MR) is 135 cm³/mol. The zero-order chi connectivity index (χ0) is 24.8. The van der Waals surface area contributed by atoms with Crippen LogP contribution in [-0.4, -0.2) is 67.4 Å². The number of nitrogens with zero attached hydrogens (tertiary/aromatic N) is 2. The first-order chi connectivity index (χ1) is 15.4. The van der Waals surface area contributed by atoms with Crippen LogP contribution in [0.5, 0.6) is 0 Å². The molecule has 6 heteroatoms. The van der Waals surface area contributed by atoms with E-state index in [-0.39, 0.29) is 11.9 Å². The first-order valence-electron chi connectivity index (χ1n) is 10.8. The SMILES string of the molecule is C=C(C[N+](C)(C)c1ccc(Cc2ccc([N+](C)(C)CC(=C)C(=O)OC)cc2)cc1)C(=O)OC. The second-order valence-corrected chi connectivity index (χ2v) is 9.39. The molecular weight excluding hydrogens is 416 g/mol. The van der Waals surface area contributed by atoms with Gasteiger partial charge >= 0.3 is 11.9 Å². The van der Waals surface area contributed by atoms with Gasteiger partial charge in [-0.2, -0.15) is 0 Å². The molecule has 0 aliphatic carbocycles. The van der Waals surface area contributed by atoms with Crippen molar-refractivity contribution in [2.75, 3.05) is 55.5 Å². The van der Waals surface area contributed by atoms with Crippen molar-refractivity contribution in [2.45, 2.75) is 6.42 Å². The molecule has 0 aliphatic heterocycles. The van der Waals surface area contributed by atoms with Gasteiger partial charge in [0.1, 0.15) is 24.5 Å². The number of esters is 2. The number of likely N-dealkylation sites (N-methyl/N-ethyl adjacent to an activating group) is 2. The fourth-order valence-electron chi connectivity index (χ4n) is 3.83. The topological polar surface area (TPSA) is 52.6 Å². The monoisotopic (exact) mass is 452 g/mol. The van der Waals surface area contributed by atoms with Gasteiger partial charge < -0.3 is 9.47 Å². The van der Waals surface area contributed by atoms with E-state index < -0.39 is 0 Å². The number of carbonyl (C=O) groups excluding carboxylic acids is 2. The molecule has 0 atom stereocenters. The Kier molecular flexibility index (Phi) is 8.36. The third-order valence-corrected chi connectivity index (χ3v) is 5.80. The first-order valence-corrected chi connectivity index (χ1v) is 10.8. The lowest BCUT2D eigenvalue weighted by molar-refractivity contribution is -0.137. The summed E-state index contributed by atoms with van der Waals surface area (Å²) in [5.41, 5.74) is 5.47. The predicted octanol–water partition coefficient (Wildman–Crippen LogP) is 3.87. The molecular formula is C27H36N2O4+2. The molecule has 2 rings (SSSR count). The highest BCUT2D eigenvalue weighted by molar-refractivity contribution is 5.88. The Morgan fingerprint density at radius 1 is 0.667 bits per heavy atom. The van der Waals surface area contributed by atoms with Crippen LogP contribution in [0.1, 0.15) is 11.1 Å². The molecule has 0 saturated carbocycles. The smallest absolute Gasteiger partial charge is 0.338 e. The lowest BCUT2D eigenvalue weighted by Crippen LogP contribution is -2.43. The number of carbonyl (C=O) groups is 2. The molecule has 0 unspecified atom stereocenters. The van der Waals surface area contributed by atoms with Crippen molar-refractivity contribution in [3.8, 4) is 0 Å². The van der Waals surface area contributed by atoms with Gasteiger partial charge in [0.2, 0.25) is 0 Å². The van der Waals surface area contributed by atoms with Crippen LogP contribution in [0.4, 0.5) is 11.4 Å². The molecule has 0 amide bonds. The maximum absolute atomic E-state index is 11.7. The Bertz CT molecular complexity index is 936. The molecule has 0 saturated heterocycles. The van der Waals surface area contributed by atoms with Crippen molar-refractivity contribution in [3.63, 3.8) is 0 Å². The van der Waals surface area contributed by atoms with Gasteiger partial charge in [-0.05, 0) is 41.8 Å². The van der Waals surface area contributed by atoms with Crippen molar-refractivity contribution in [3.05, 3.63) is 84.0 Å². The molecule has 0 aromatic heterocycles. The molecule has 0 heterocycles. The number of ether oxygens (including phenoxy) is 2. The van der Waals surface area contributed by atoms with E-state index in [4.69, 9.17) is 9.47 Å². The van der Waals surface area contributed by atoms with Crippen molar-refractivity contribution >= 4 is 23.3 Å². The molecule has 0 radical (unpaired) electrons. The molecule has 6 nitrogen and oxygen atoms in total. The van der Waals surface area contributed by atoms with Crippen molar-refractivity contribution in [1.29, 1.82) is 0 Å². The van der Waals surface area contributed by atoms with Crippen LogP contribution in [-0.2, 0) is 25.5 Å². The average Bonchev–Trinajstić information content (AvgIpc) is 2.78. The van der Waals surface area contributed by atoms with Crippen LogP contribution in [0, 0.1) is 0 Å². The zero-order valence-electron chi connectivity index (χ0n) is 20.7. The third-order valence-electron chi connectivity index (χ3n) is 5.80. The number of quaternary nitrogens is 2. The van der Waals surface area contributed by atoms with Gasteiger partial charge in [-0.3, -0.25) is 8.97 Å². The van der Waals surface area contributed by atoms with Crippen LogP contribution in [0.3, 0.4) is 0 Å². The normalized spacial score (nSPS) is 11.6. The number of benzene rings is 2. The van der Waals surface area contributed by atoms with Gasteiger partial charge in [-0.15, -0.1) is 0 Å². The number of methoxy groups -OCH3 is 2. The number of hydrogen-bond acceptors (Lipinski definition) is 4. The highest BCUT2D eigenvalue weighted by atomic mass is 16.5. The molecule has 2 aromatic rings. The lowest BCUT2D eigenvalue weighted by Gasteiger charge is -2.30. The largest absolute Gasteiger partial charge is 0.466 e. The van der Waals surface area contributed by atoms with E-state index in [1.54, 1.807) is 0 Å². The summed E-state index contributed by atoms with van der Waals surface area (Å²) < 4.78 is 10.6. The Labute approximate surface area is 197 Å². The third kappa shape index (κ3) is 6.88. The van der Waals surface area contributed by atoms with Gasteiger partial charge in [0.15, 0.2) is 0 Å². The Morgan fingerprint density at radius 2 is 0.970 bits per heavy atom. The summed E-state index contributed by atoms with van der Waals surface area (Å²) in [4.78, 5) is 23.4. The fraction of sp³-hybridized carbons (Fsp3) is 0.333. The van der Waals surface area contributed by atoms with Crippen LogP contribution < -0.4 is 8.97 Å². The van der Waals surface area contributed by atoms with Crippen molar-refractivity contribution < 1.29 is 19.1 Å². The minimum atomic E-state index is -0.377. The zero-order valence-corrected chi connectivity index (χ0v) is 20.7. The molecule has 0 bridgehead atoms. The molecule has 0 spiro atoms. The summed E-state index contributed by atoms with van der Waals surface area (Å²) in [6.07, 6.45) is 0.811. The van der Waals surface area contributed by atoms with E-state index in [0.717, 1.165) is 17.8 Å². The maximum atomic E-state index is 11.7. The highest BCUT2D eigenvalue weighted by Gasteiger charge is 2.25. The Balaban J connectivity index is 2.07. The summed E-state index contributed by atoms with van der Waals surface area (Å²) in [7, 11) is 10.9. The summed E-state index contributed by atoms with van der Waals surface area (Å²) in [5.74, 6) is -0.754. The molecule has 2 aromatic carbocycles. The minimum absolute atomic E-state index is 0.377. The lowest BCUT2D eigenvalue weighted by atomic mass is 10.0.